The number of aliphatic imine (C=N–C) groups is 1. The number of nitrogens with zero attached hydrogens (tertiary/aromatic N) is 3. The Labute approximate surface area is 237 Å². The van der Waals surface area contributed by atoms with Crippen LogP contribution in [0.25, 0.3) is 22.5 Å². The van der Waals surface area contributed by atoms with Crippen LogP contribution >= 0.6 is 12.4 Å². The lowest BCUT2D eigenvalue weighted by Crippen LogP contribution is -2.33. The van der Waals surface area contributed by atoms with Crippen LogP contribution in [-0.4, -0.2) is 26.9 Å². The summed E-state index contributed by atoms with van der Waals surface area (Å²) >= 11 is 0. The van der Waals surface area contributed by atoms with Gasteiger partial charge in [0.1, 0.15) is 17.8 Å². The van der Waals surface area contributed by atoms with E-state index in [1.165, 1.54) is 18.2 Å². The first-order valence-electron chi connectivity index (χ1n) is 13.1. The summed E-state index contributed by atoms with van der Waals surface area (Å²) in [6.45, 7) is 4.20. The zero-order valence-corrected chi connectivity index (χ0v) is 23.2. The molecule has 0 saturated carbocycles. The summed E-state index contributed by atoms with van der Waals surface area (Å²) < 4.78 is 33.5. The van der Waals surface area contributed by atoms with Crippen molar-refractivity contribution < 1.29 is 13.3 Å². The lowest BCUT2D eigenvalue weighted by Gasteiger charge is -2.32. The number of hydrogen-bond acceptors (Lipinski definition) is 5. The van der Waals surface area contributed by atoms with Crippen LogP contribution in [0.4, 0.5) is 8.78 Å². The molecule has 3 aromatic carbocycles. The summed E-state index contributed by atoms with van der Waals surface area (Å²) in [7, 11) is 0. The minimum atomic E-state index is -0.599. The van der Waals surface area contributed by atoms with E-state index < -0.39 is 17.4 Å². The fourth-order valence-corrected chi connectivity index (χ4v) is 4.84. The number of aromatic amines is 1. The molecule has 9 heteroatoms. The van der Waals surface area contributed by atoms with Gasteiger partial charge in [-0.3, -0.25) is 14.5 Å². The van der Waals surface area contributed by atoms with E-state index in [0.717, 1.165) is 52.8 Å². The molecule has 0 amide bonds. The van der Waals surface area contributed by atoms with Gasteiger partial charge in [0.2, 0.25) is 0 Å². The lowest BCUT2D eigenvalue weighted by molar-refractivity contribution is 0.278. The molecule has 0 aliphatic carbocycles. The molecular weight excluding hydrogens is 534 g/mol. The Hall–Kier alpha value is -4.04. The van der Waals surface area contributed by atoms with E-state index in [2.05, 4.69) is 29.2 Å². The van der Waals surface area contributed by atoms with E-state index in [0.29, 0.717) is 12.2 Å². The van der Waals surface area contributed by atoms with Crippen LogP contribution in [0.5, 0.6) is 0 Å². The van der Waals surface area contributed by atoms with Crippen molar-refractivity contribution in [2.75, 3.05) is 0 Å². The molecule has 1 atom stereocenters. The Morgan fingerprint density at radius 2 is 1.68 bits per heavy atom. The number of rotatable bonds is 9. The molecule has 1 N–H and O–H groups in total. The molecule has 0 spiro atoms. The molecule has 0 bridgehead atoms. The predicted octanol–water partition coefficient (Wildman–Crippen LogP) is 7.32. The summed E-state index contributed by atoms with van der Waals surface area (Å²) in [6, 6.07) is 19.8. The van der Waals surface area contributed by atoms with E-state index >= 15 is 0 Å². The average Bonchev–Trinajstić information content (AvgIpc) is 3.38. The average molecular weight is 565 g/mol. The number of H-pyrrole nitrogens is 1. The predicted molar refractivity (Wildman–Crippen MR) is 155 cm³/mol. The SMILES string of the molecule is CCCCC1=NC(C)N(Cc2c(F)cccc2F)C=C1Cc1ccc(-c2ccccc2-c2noc(=O)[nH]2)cc1.Cl. The van der Waals surface area contributed by atoms with Crippen LogP contribution in [0.2, 0.25) is 0 Å². The van der Waals surface area contributed by atoms with Gasteiger partial charge in [-0.15, -0.1) is 12.4 Å². The van der Waals surface area contributed by atoms with E-state index in [-0.39, 0.29) is 30.7 Å². The minimum Gasteiger partial charge on any atom is -0.351 e. The molecule has 0 saturated heterocycles. The minimum absolute atomic E-state index is 0. The second kappa shape index (κ2) is 12.9. The maximum atomic E-state index is 14.4. The molecule has 4 aromatic rings. The smallest absolute Gasteiger partial charge is 0.351 e. The maximum Gasteiger partial charge on any atom is 0.439 e. The molecule has 208 valence electrons. The summed E-state index contributed by atoms with van der Waals surface area (Å²) in [4.78, 5) is 20.9. The van der Waals surface area contributed by atoms with Crippen molar-refractivity contribution in [2.24, 2.45) is 4.99 Å². The van der Waals surface area contributed by atoms with Gasteiger partial charge in [-0.05, 0) is 54.2 Å². The van der Waals surface area contributed by atoms with Crippen molar-refractivity contribution >= 4 is 18.1 Å². The van der Waals surface area contributed by atoms with Gasteiger partial charge in [0, 0.05) is 29.5 Å². The molecule has 1 aromatic heterocycles. The zero-order valence-electron chi connectivity index (χ0n) is 22.4. The van der Waals surface area contributed by atoms with Crippen LogP contribution in [0, 0.1) is 11.6 Å². The maximum absolute atomic E-state index is 14.4. The second-order valence-corrected chi connectivity index (χ2v) is 9.70. The molecule has 1 aliphatic rings. The summed E-state index contributed by atoms with van der Waals surface area (Å²) in [5, 5.41) is 3.84. The van der Waals surface area contributed by atoms with Gasteiger partial charge >= 0.3 is 5.76 Å². The van der Waals surface area contributed by atoms with Crippen molar-refractivity contribution in [3.05, 3.63) is 112 Å². The molecular formula is C31H31ClF2N4O2. The molecule has 6 nitrogen and oxygen atoms in total. The molecule has 1 unspecified atom stereocenters. The number of halogens is 3. The summed E-state index contributed by atoms with van der Waals surface area (Å²) in [6.07, 6.45) is 5.36. The molecule has 1 aliphatic heterocycles. The Kier molecular flexibility index (Phi) is 9.32. The highest BCUT2D eigenvalue weighted by Crippen LogP contribution is 2.31. The number of unbranched alkanes of at least 4 members (excludes halogenated alkanes) is 1. The monoisotopic (exact) mass is 564 g/mol. The van der Waals surface area contributed by atoms with Gasteiger partial charge in [-0.25, -0.2) is 13.6 Å². The quantitative estimate of drug-likeness (QED) is 0.231. The third kappa shape index (κ3) is 6.39. The third-order valence-electron chi connectivity index (χ3n) is 6.97. The van der Waals surface area contributed by atoms with Crippen LogP contribution in [0.15, 0.2) is 92.8 Å². The molecule has 40 heavy (non-hydrogen) atoms. The van der Waals surface area contributed by atoms with Crippen LogP contribution < -0.4 is 5.76 Å². The highest BCUT2D eigenvalue weighted by molar-refractivity contribution is 6.01. The highest BCUT2D eigenvalue weighted by Gasteiger charge is 2.23. The number of aromatic nitrogens is 2. The molecule has 2 heterocycles. The third-order valence-corrected chi connectivity index (χ3v) is 6.97. The van der Waals surface area contributed by atoms with Crippen molar-refractivity contribution in [2.45, 2.75) is 52.2 Å². The summed E-state index contributed by atoms with van der Waals surface area (Å²) in [5.74, 6) is -1.33. The first-order valence-corrected chi connectivity index (χ1v) is 13.1. The Morgan fingerprint density at radius 3 is 2.33 bits per heavy atom. The first kappa shape index (κ1) is 29.0. The fourth-order valence-electron chi connectivity index (χ4n) is 4.84. The normalized spacial score (nSPS) is 14.9. The van der Waals surface area contributed by atoms with E-state index in [1.54, 1.807) is 0 Å². The van der Waals surface area contributed by atoms with Crippen LogP contribution in [-0.2, 0) is 13.0 Å². The Balaban J connectivity index is 0.00000370. The number of nitrogens with one attached hydrogen (secondary N) is 1. The zero-order chi connectivity index (χ0) is 27.4. The lowest BCUT2D eigenvalue weighted by atomic mass is 9.94. The van der Waals surface area contributed by atoms with Gasteiger partial charge in [0.05, 0.1) is 6.54 Å². The molecule has 0 fully saturated rings. The number of hydrogen-bond donors (Lipinski definition) is 1. The van der Waals surface area contributed by atoms with Crippen LogP contribution in [0.3, 0.4) is 0 Å². The second-order valence-electron chi connectivity index (χ2n) is 9.70. The van der Waals surface area contributed by atoms with Gasteiger partial charge in [0.15, 0.2) is 5.82 Å². The van der Waals surface area contributed by atoms with Crippen molar-refractivity contribution in [1.82, 2.24) is 15.0 Å². The number of allylic oxidation sites excluding steroid dienone is 1. The molecule has 0 radical (unpaired) electrons. The van der Waals surface area contributed by atoms with E-state index in [4.69, 9.17) is 9.52 Å². The summed E-state index contributed by atoms with van der Waals surface area (Å²) in [5.41, 5.74) is 5.89. The first-order chi connectivity index (χ1) is 18.9. The Bertz CT molecular complexity index is 1560. The largest absolute Gasteiger partial charge is 0.439 e. The van der Waals surface area contributed by atoms with Gasteiger partial charge in [-0.2, -0.15) is 0 Å². The van der Waals surface area contributed by atoms with Gasteiger partial charge in [-0.1, -0.05) is 73.1 Å². The standard InChI is InChI=1S/C31H30F2N4O2.ClH/c1-3-4-12-29-23(18-37(20(2)34-29)19-26-27(32)10-7-11-28(26)33)17-21-13-15-22(16-14-21)24-8-5-6-9-25(24)30-35-31(38)39-36-30;/h5-11,13-16,18,20H,3-4,12,17,19H2,1-2H3,(H,35,36,38);1H. The van der Waals surface area contributed by atoms with Crippen molar-refractivity contribution in [3.8, 4) is 22.5 Å². The van der Waals surface area contributed by atoms with Gasteiger partial charge in [0.25, 0.3) is 0 Å². The molecule has 5 rings (SSSR count). The van der Waals surface area contributed by atoms with E-state index in [9.17, 15) is 13.6 Å². The van der Waals surface area contributed by atoms with Crippen molar-refractivity contribution in [3.63, 3.8) is 0 Å². The fraction of sp³-hybridized carbons (Fsp3) is 0.258. The van der Waals surface area contributed by atoms with E-state index in [1.807, 2.05) is 54.4 Å². The van der Waals surface area contributed by atoms with Crippen LogP contribution in [0.1, 0.15) is 44.2 Å². The number of benzene rings is 3. The van der Waals surface area contributed by atoms with Gasteiger partial charge < -0.3 is 4.90 Å². The Morgan fingerprint density at radius 1 is 0.975 bits per heavy atom. The van der Waals surface area contributed by atoms with Crippen molar-refractivity contribution in [1.29, 1.82) is 0 Å². The topological polar surface area (TPSA) is 74.5 Å². The highest BCUT2D eigenvalue weighted by atomic mass is 35.5.